The zero-order valence-electron chi connectivity index (χ0n) is 14.5. The van der Waals surface area contributed by atoms with Crippen LogP contribution in [0.2, 0.25) is 0 Å². The number of benzene rings is 2. The van der Waals surface area contributed by atoms with Crippen molar-refractivity contribution in [3.8, 4) is 17.2 Å². The summed E-state index contributed by atoms with van der Waals surface area (Å²) in [5.74, 6) is -0.138. The Labute approximate surface area is 146 Å². The maximum atomic E-state index is 13.4. The Balaban J connectivity index is 2.15. The summed E-state index contributed by atoms with van der Waals surface area (Å²) >= 11 is 0. The van der Waals surface area contributed by atoms with Crippen molar-refractivity contribution in [3.63, 3.8) is 0 Å². The van der Waals surface area contributed by atoms with Crippen molar-refractivity contribution in [1.82, 2.24) is 9.88 Å². The lowest BCUT2D eigenvalue weighted by atomic mass is 9.93. The maximum Gasteiger partial charge on any atom is 0.272 e. The highest BCUT2D eigenvalue weighted by Gasteiger charge is 2.40. The molecule has 0 saturated carbocycles. The van der Waals surface area contributed by atoms with Gasteiger partial charge in [0, 0.05) is 22.0 Å². The fraction of sp³-hybridized carbons (Fsp3) is 0.238. The van der Waals surface area contributed by atoms with E-state index in [1.165, 1.54) is 0 Å². The molecule has 0 bridgehead atoms. The van der Waals surface area contributed by atoms with Crippen molar-refractivity contribution in [3.05, 3.63) is 59.8 Å². The number of fused-ring (bicyclic) bond motifs is 5. The summed E-state index contributed by atoms with van der Waals surface area (Å²) in [6.45, 7) is 5.89. The number of hydrogen-bond donors (Lipinski definition) is 1. The molecule has 1 atom stereocenters. The summed E-state index contributed by atoms with van der Waals surface area (Å²) in [5, 5.41) is 10.9. The van der Waals surface area contributed by atoms with E-state index >= 15 is 0 Å². The van der Waals surface area contributed by atoms with Crippen LogP contribution in [0.15, 0.2) is 48.5 Å². The molecule has 25 heavy (non-hydrogen) atoms. The molecular weight excluding hydrogens is 310 g/mol. The summed E-state index contributed by atoms with van der Waals surface area (Å²) in [7, 11) is 0. The minimum atomic E-state index is -0.622. The average molecular weight is 329 g/mol. The molecule has 1 aliphatic rings. The number of amides is 1. The molecule has 4 nitrogen and oxygen atoms in total. The lowest BCUT2D eigenvalue weighted by molar-refractivity contribution is 0.0509. The third kappa shape index (κ3) is 2.16. The second-order valence-corrected chi connectivity index (χ2v) is 7.39. The van der Waals surface area contributed by atoms with E-state index in [0.717, 1.165) is 27.6 Å². The van der Waals surface area contributed by atoms with Crippen molar-refractivity contribution in [2.75, 3.05) is 0 Å². The van der Waals surface area contributed by atoms with E-state index in [4.69, 9.17) is 0 Å². The number of rotatable bonds is 0. The fourth-order valence-corrected chi connectivity index (χ4v) is 3.74. The molecule has 1 unspecified atom stereocenters. The summed E-state index contributed by atoms with van der Waals surface area (Å²) in [4.78, 5) is 18.4. The molecule has 0 radical (unpaired) electrons. The molecule has 2 heterocycles. The molecule has 3 aromatic rings. The monoisotopic (exact) mass is 329 g/mol. The van der Waals surface area contributed by atoms with Gasteiger partial charge in [-0.25, -0.2) is 0 Å². The Kier molecular flexibility index (Phi) is 3.23. The zero-order chi connectivity index (χ0) is 17.8. The van der Waals surface area contributed by atoms with E-state index in [1.807, 2.05) is 69.3 Å². The molecule has 1 amide bonds. The fourth-order valence-electron chi connectivity index (χ4n) is 3.74. The van der Waals surface area contributed by atoms with Gasteiger partial charge in [0.2, 0.25) is 0 Å². The highest BCUT2D eigenvalue weighted by molar-refractivity contribution is 6.11. The molecule has 4 rings (SSSR count). The Bertz CT molecular complexity index is 1030. The predicted octanol–water partition coefficient (Wildman–Crippen LogP) is 4.65. The first-order valence-corrected chi connectivity index (χ1v) is 8.37. The summed E-state index contributed by atoms with van der Waals surface area (Å²) in [6.07, 6.45) is 0. The lowest BCUT2D eigenvalue weighted by Gasteiger charge is -2.38. The number of nitrogens with one attached hydrogen (secondary N) is 1. The topological polar surface area (TPSA) is 59.9 Å². The summed E-state index contributed by atoms with van der Waals surface area (Å²) in [5.41, 5.74) is 3.71. The number of nitrogens with zero attached hydrogens (tertiary/aromatic N) is 2. The zero-order valence-corrected chi connectivity index (χ0v) is 14.5. The Morgan fingerprint density at radius 3 is 2.48 bits per heavy atom. The van der Waals surface area contributed by atoms with Crippen molar-refractivity contribution >= 4 is 16.8 Å². The van der Waals surface area contributed by atoms with Crippen LogP contribution in [0, 0.1) is 11.3 Å². The van der Waals surface area contributed by atoms with Gasteiger partial charge in [-0.1, -0.05) is 42.5 Å². The van der Waals surface area contributed by atoms with Gasteiger partial charge in [-0.05, 0) is 38.0 Å². The summed E-state index contributed by atoms with van der Waals surface area (Å²) < 4.78 is 0. The van der Waals surface area contributed by atoms with E-state index in [-0.39, 0.29) is 5.91 Å². The second-order valence-electron chi connectivity index (χ2n) is 7.39. The van der Waals surface area contributed by atoms with Crippen molar-refractivity contribution in [2.24, 2.45) is 0 Å². The highest BCUT2D eigenvalue weighted by atomic mass is 16.2. The van der Waals surface area contributed by atoms with E-state index in [1.54, 1.807) is 4.90 Å². The average Bonchev–Trinajstić information content (AvgIpc) is 2.93. The van der Waals surface area contributed by atoms with Crippen LogP contribution in [0.4, 0.5) is 0 Å². The van der Waals surface area contributed by atoms with Gasteiger partial charge >= 0.3 is 0 Å². The van der Waals surface area contributed by atoms with Crippen LogP contribution in [-0.4, -0.2) is 21.3 Å². The Hall–Kier alpha value is -3.06. The first-order valence-electron chi connectivity index (χ1n) is 8.37. The second kappa shape index (κ2) is 5.22. The number of aromatic amines is 1. The van der Waals surface area contributed by atoms with Gasteiger partial charge < -0.3 is 9.88 Å². The van der Waals surface area contributed by atoms with Gasteiger partial charge in [0.05, 0.1) is 6.07 Å². The number of hydrogen-bond acceptors (Lipinski definition) is 2. The third-order valence-electron chi connectivity index (χ3n) is 4.77. The van der Waals surface area contributed by atoms with Crippen LogP contribution >= 0.6 is 0 Å². The predicted molar refractivity (Wildman–Crippen MR) is 98.0 cm³/mol. The van der Waals surface area contributed by atoms with Crippen molar-refractivity contribution in [1.29, 1.82) is 5.26 Å². The molecule has 4 heteroatoms. The molecule has 0 fully saturated rings. The number of para-hydroxylation sites is 1. The van der Waals surface area contributed by atoms with Crippen LogP contribution in [-0.2, 0) is 0 Å². The van der Waals surface area contributed by atoms with Crippen LogP contribution in [0.1, 0.15) is 42.9 Å². The highest BCUT2D eigenvalue weighted by Crippen LogP contribution is 2.43. The van der Waals surface area contributed by atoms with Crippen molar-refractivity contribution in [2.45, 2.75) is 32.4 Å². The third-order valence-corrected chi connectivity index (χ3v) is 4.77. The molecule has 0 saturated heterocycles. The SMILES string of the molecule is CC(C)(C)N1C(=O)c2[nH]c3ccccc3c2-c2ccccc2C1C#N. The molecular formula is C21H19N3O. The number of nitriles is 1. The smallest absolute Gasteiger partial charge is 0.272 e. The van der Waals surface area contributed by atoms with Gasteiger partial charge in [-0.15, -0.1) is 0 Å². The molecule has 0 aliphatic carbocycles. The minimum absolute atomic E-state index is 0.138. The lowest BCUT2D eigenvalue weighted by Crippen LogP contribution is -2.47. The van der Waals surface area contributed by atoms with Gasteiger partial charge in [0.25, 0.3) is 5.91 Å². The van der Waals surface area contributed by atoms with Crippen LogP contribution < -0.4 is 0 Å². The maximum absolute atomic E-state index is 13.4. The minimum Gasteiger partial charge on any atom is -0.350 e. The van der Waals surface area contributed by atoms with Gasteiger partial charge in [0.15, 0.2) is 0 Å². The van der Waals surface area contributed by atoms with Gasteiger partial charge in [-0.3, -0.25) is 4.79 Å². The molecule has 1 aromatic heterocycles. The Morgan fingerprint density at radius 2 is 1.76 bits per heavy atom. The first kappa shape index (κ1) is 15.5. The van der Waals surface area contributed by atoms with Crippen LogP contribution in [0.3, 0.4) is 0 Å². The van der Waals surface area contributed by atoms with Gasteiger partial charge in [0.1, 0.15) is 11.7 Å². The van der Waals surface area contributed by atoms with Crippen molar-refractivity contribution < 1.29 is 4.79 Å². The van der Waals surface area contributed by atoms with E-state index in [2.05, 4.69) is 11.1 Å². The molecule has 1 aliphatic heterocycles. The molecule has 1 N–H and O–H groups in total. The van der Waals surface area contributed by atoms with E-state index < -0.39 is 11.6 Å². The van der Waals surface area contributed by atoms with E-state index in [0.29, 0.717) is 5.69 Å². The molecule has 0 spiro atoms. The quantitative estimate of drug-likeness (QED) is 0.652. The van der Waals surface area contributed by atoms with E-state index in [9.17, 15) is 10.1 Å². The molecule has 124 valence electrons. The number of aromatic nitrogens is 1. The number of H-pyrrole nitrogens is 1. The summed E-state index contributed by atoms with van der Waals surface area (Å²) in [6, 6.07) is 17.5. The number of carbonyl (C=O) groups is 1. The first-order chi connectivity index (χ1) is 11.9. The standard InChI is InChI=1S/C21H19N3O/c1-21(2,3)24-17(12-22)13-8-4-5-9-14(13)18-15-10-6-7-11-16(15)23-19(18)20(24)25/h4-11,17,23H,1-3H3. The Morgan fingerprint density at radius 1 is 1.08 bits per heavy atom. The van der Waals surface area contributed by atoms with Gasteiger partial charge in [-0.2, -0.15) is 5.26 Å². The largest absolute Gasteiger partial charge is 0.350 e. The molecule has 2 aromatic carbocycles. The van der Waals surface area contributed by atoms with Crippen LogP contribution in [0.5, 0.6) is 0 Å². The normalized spacial score (nSPS) is 17.0. The number of carbonyl (C=O) groups excluding carboxylic acids is 1. The van der Waals surface area contributed by atoms with Crippen LogP contribution in [0.25, 0.3) is 22.0 Å².